The molecule has 6 nitrogen and oxygen atoms in total. The first-order chi connectivity index (χ1) is 14.9. The van der Waals surface area contributed by atoms with Gasteiger partial charge in [0.15, 0.2) is 0 Å². The van der Waals surface area contributed by atoms with E-state index < -0.39 is 52.1 Å². The lowest BCUT2D eigenvalue weighted by molar-refractivity contribution is -0.149. The minimum atomic E-state index is -3.79. The molecule has 1 saturated heterocycles. The van der Waals surface area contributed by atoms with E-state index in [0.717, 1.165) is 4.90 Å². The number of sulfonamides is 1. The van der Waals surface area contributed by atoms with Crippen molar-refractivity contribution < 1.29 is 27.1 Å². The van der Waals surface area contributed by atoms with Crippen LogP contribution in [0.15, 0.2) is 48.5 Å². The van der Waals surface area contributed by atoms with Gasteiger partial charge in [-0.2, -0.15) is 0 Å². The van der Waals surface area contributed by atoms with Crippen molar-refractivity contribution in [2.24, 2.45) is 0 Å². The van der Waals surface area contributed by atoms with Gasteiger partial charge in [-0.3, -0.25) is 4.79 Å². The van der Waals surface area contributed by atoms with E-state index in [2.05, 4.69) is 4.72 Å². The molecular weight excluding hydrogens is 438 g/mol. The average molecular weight is 467 g/mol. The number of amides is 1. The summed E-state index contributed by atoms with van der Waals surface area (Å²) in [7, 11) is -3.79. The maximum absolute atomic E-state index is 15.4. The summed E-state index contributed by atoms with van der Waals surface area (Å²) in [4.78, 5) is 13.9. The van der Waals surface area contributed by atoms with Gasteiger partial charge in [0.1, 0.15) is 17.6 Å². The number of alkyl halides is 1. The Morgan fingerprint density at radius 2 is 1.84 bits per heavy atom. The molecule has 1 amide bonds. The number of halogens is 2. The van der Waals surface area contributed by atoms with Gasteiger partial charge in [0.25, 0.3) is 5.91 Å². The van der Waals surface area contributed by atoms with Crippen molar-refractivity contribution in [2.75, 3.05) is 12.3 Å². The van der Waals surface area contributed by atoms with Crippen molar-refractivity contribution in [3.8, 4) is 11.1 Å². The zero-order chi connectivity index (χ0) is 23.7. The van der Waals surface area contributed by atoms with Crippen LogP contribution in [0.3, 0.4) is 0 Å². The van der Waals surface area contributed by atoms with Gasteiger partial charge >= 0.3 is 0 Å². The third kappa shape index (κ3) is 5.16. The Morgan fingerprint density at radius 1 is 1.19 bits per heavy atom. The molecule has 1 aliphatic rings. The fourth-order valence-electron chi connectivity index (χ4n) is 3.94. The summed E-state index contributed by atoms with van der Waals surface area (Å²) in [6.07, 6.45) is -1.82. The van der Waals surface area contributed by atoms with Crippen molar-refractivity contribution in [1.82, 2.24) is 9.62 Å². The van der Waals surface area contributed by atoms with Crippen LogP contribution in [0.25, 0.3) is 11.1 Å². The molecule has 0 aliphatic carbocycles. The second-order valence-corrected chi connectivity index (χ2v) is 10.5. The molecule has 0 radical (unpaired) electrons. The molecule has 9 heteroatoms. The van der Waals surface area contributed by atoms with Crippen LogP contribution in [0.1, 0.15) is 26.3 Å². The highest BCUT2D eigenvalue weighted by molar-refractivity contribution is 7.89. The Balaban J connectivity index is 2.01. The fourth-order valence-corrected chi connectivity index (χ4v) is 4.83. The maximum atomic E-state index is 15.4. The van der Waals surface area contributed by atoms with E-state index in [1.807, 2.05) is 6.07 Å². The van der Waals surface area contributed by atoms with Gasteiger partial charge in [-0.25, -0.2) is 21.9 Å². The van der Waals surface area contributed by atoms with Crippen LogP contribution in [-0.4, -0.2) is 60.5 Å². The highest BCUT2D eigenvalue weighted by Gasteiger charge is 2.48. The highest BCUT2D eigenvalue weighted by Crippen LogP contribution is 2.31. The van der Waals surface area contributed by atoms with Crippen LogP contribution >= 0.6 is 0 Å². The van der Waals surface area contributed by atoms with E-state index in [4.69, 9.17) is 0 Å². The van der Waals surface area contributed by atoms with Crippen molar-refractivity contribution in [1.29, 1.82) is 0 Å². The first kappa shape index (κ1) is 24.3. The smallest absolute Gasteiger partial charge is 0.254 e. The Hall–Kier alpha value is -2.36. The molecule has 3 atom stereocenters. The molecule has 2 aromatic carbocycles. The van der Waals surface area contributed by atoms with Gasteiger partial charge in [0.2, 0.25) is 10.0 Å². The molecular formula is C23H28F2N2O4S. The predicted molar refractivity (Wildman–Crippen MR) is 119 cm³/mol. The minimum absolute atomic E-state index is 0.119. The third-order valence-electron chi connectivity index (χ3n) is 5.65. The fraction of sp³-hybridized carbons (Fsp3) is 0.435. The number of benzene rings is 2. The normalized spacial score (nSPS) is 21.7. The van der Waals surface area contributed by atoms with Crippen molar-refractivity contribution in [3.63, 3.8) is 0 Å². The number of likely N-dealkylation sites (tertiary alicyclic amines) is 1. The number of nitrogens with one attached hydrogen (secondary N) is 1. The molecule has 3 rings (SSSR count). The Labute approximate surface area is 187 Å². The largest absolute Gasteiger partial charge is 0.381 e. The van der Waals surface area contributed by atoms with Crippen LogP contribution in [-0.2, 0) is 21.2 Å². The predicted octanol–water partition coefficient (Wildman–Crippen LogP) is 2.66. The van der Waals surface area contributed by atoms with Gasteiger partial charge in [-0.15, -0.1) is 0 Å². The summed E-state index contributed by atoms with van der Waals surface area (Å²) in [6, 6.07) is 11.5. The second kappa shape index (κ2) is 9.25. The molecule has 1 aliphatic heterocycles. The van der Waals surface area contributed by atoms with Gasteiger partial charge < -0.3 is 10.0 Å². The monoisotopic (exact) mass is 466 g/mol. The standard InChI is InChI=1S/C23H28F2N2O4S/c1-4-32(30,31)26-21-18(24)14-27(22(28)23(2,3)29)19(21)13-16-11-8-12-17(20(16)25)15-9-6-5-7-10-15/h5-12,18-19,21,26,29H,4,13-14H2,1-3H3/t18-,19-,21-/m0/s1. The summed E-state index contributed by atoms with van der Waals surface area (Å²) >= 11 is 0. The van der Waals surface area contributed by atoms with E-state index in [-0.39, 0.29) is 17.7 Å². The van der Waals surface area contributed by atoms with Crippen LogP contribution in [0, 0.1) is 5.82 Å². The van der Waals surface area contributed by atoms with Gasteiger partial charge in [0, 0.05) is 5.56 Å². The summed E-state index contributed by atoms with van der Waals surface area (Å²) < 4.78 is 57.0. The van der Waals surface area contributed by atoms with Crippen molar-refractivity contribution in [2.45, 2.75) is 51.0 Å². The van der Waals surface area contributed by atoms with Crippen LogP contribution in [0.2, 0.25) is 0 Å². The first-order valence-electron chi connectivity index (χ1n) is 10.4. The number of rotatable bonds is 7. The number of hydrogen-bond donors (Lipinski definition) is 2. The Kier molecular flexibility index (Phi) is 7.02. The molecule has 0 unspecified atom stereocenters. The van der Waals surface area contributed by atoms with E-state index in [1.165, 1.54) is 26.8 Å². The maximum Gasteiger partial charge on any atom is 0.254 e. The number of aliphatic hydroxyl groups is 1. The van der Waals surface area contributed by atoms with Crippen LogP contribution in [0.5, 0.6) is 0 Å². The molecule has 174 valence electrons. The van der Waals surface area contributed by atoms with Crippen LogP contribution < -0.4 is 4.72 Å². The first-order valence-corrected chi connectivity index (χ1v) is 12.1. The lowest BCUT2D eigenvalue weighted by Crippen LogP contribution is -2.53. The average Bonchev–Trinajstić information content (AvgIpc) is 3.03. The minimum Gasteiger partial charge on any atom is -0.381 e. The summed E-state index contributed by atoms with van der Waals surface area (Å²) in [5, 5.41) is 10.2. The van der Waals surface area contributed by atoms with E-state index in [0.29, 0.717) is 11.1 Å². The zero-order valence-electron chi connectivity index (χ0n) is 18.3. The summed E-state index contributed by atoms with van der Waals surface area (Å²) in [5.74, 6) is -1.53. The third-order valence-corrected chi connectivity index (χ3v) is 7.04. The lowest BCUT2D eigenvalue weighted by atomic mass is 9.95. The van der Waals surface area contributed by atoms with Gasteiger partial charge in [0.05, 0.1) is 24.4 Å². The molecule has 0 bridgehead atoms. The SMILES string of the molecule is CCS(=O)(=O)N[C@H]1[C@@H](F)CN(C(=O)C(C)(C)O)[C@H]1Cc1cccc(-c2ccccc2)c1F. The van der Waals surface area contributed by atoms with Crippen molar-refractivity contribution in [3.05, 3.63) is 59.9 Å². The quantitative estimate of drug-likeness (QED) is 0.657. The van der Waals surface area contributed by atoms with Gasteiger partial charge in [-0.05, 0) is 38.3 Å². The molecule has 1 fully saturated rings. The molecule has 1 heterocycles. The molecule has 0 aromatic heterocycles. The molecule has 0 spiro atoms. The topological polar surface area (TPSA) is 86.7 Å². The van der Waals surface area contributed by atoms with Gasteiger partial charge in [-0.1, -0.05) is 48.5 Å². The molecule has 2 aromatic rings. The zero-order valence-corrected chi connectivity index (χ0v) is 19.1. The summed E-state index contributed by atoms with van der Waals surface area (Å²) in [6.45, 7) is 3.58. The summed E-state index contributed by atoms with van der Waals surface area (Å²) in [5.41, 5.74) is -0.557. The van der Waals surface area contributed by atoms with E-state index >= 15 is 4.39 Å². The Bertz CT molecular complexity index is 1070. The van der Waals surface area contributed by atoms with E-state index in [1.54, 1.807) is 36.4 Å². The number of nitrogens with zero attached hydrogens (tertiary/aromatic N) is 1. The number of carbonyl (C=O) groups excluding carboxylic acids is 1. The number of carbonyl (C=O) groups is 1. The molecule has 2 N–H and O–H groups in total. The van der Waals surface area contributed by atoms with E-state index in [9.17, 15) is 22.7 Å². The lowest BCUT2D eigenvalue weighted by Gasteiger charge is -2.32. The van der Waals surface area contributed by atoms with Crippen molar-refractivity contribution >= 4 is 15.9 Å². The van der Waals surface area contributed by atoms with Crippen LogP contribution in [0.4, 0.5) is 8.78 Å². The number of hydrogen-bond acceptors (Lipinski definition) is 4. The highest BCUT2D eigenvalue weighted by atomic mass is 32.2. The molecule has 0 saturated carbocycles. The molecule has 32 heavy (non-hydrogen) atoms. The Morgan fingerprint density at radius 3 is 2.44 bits per heavy atom. The second-order valence-electron chi connectivity index (χ2n) is 8.50.